The average molecular weight is 306 g/mol. The molecule has 0 spiro atoms. The standard InChI is InChI=1S/C14H12BrNO2/c1-9-4-3-5-12(13(9)15)14(17)10-6-11(18-2)8-16-7-10/h3-8H,1-2H3. The van der Waals surface area contributed by atoms with E-state index in [1.54, 1.807) is 31.6 Å². The van der Waals surface area contributed by atoms with Crippen LogP contribution in [0.2, 0.25) is 0 Å². The van der Waals surface area contributed by atoms with Gasteiger partial charge in [0.25, 0.3) is 0 Å². The third-order valence-corrected chi connectivity index (χ3v) is 3.70. The number of nitrogens with zero attached hydrogens (tertiary/aromatic N) is 1. The van der Waals surface area contributed by atoms with Gasteiger partial charge in [0, 0.05) is 21.8 Å². The molecule has 18 heavy (non-hydrogen) atoms. The Hall–Kier alpha value is -1.68. The largest absolute Gasteiger partial charge is 0.495 e. The first kappa shape index (κ1) is 12.8. The molecule has 2 rings (SSSR count). The lowest BCUT2D eigenvalue weighted by Crippen LogP contribution is -2.04. The van der Waals surface area contributed by atoms with E-state index in [-0.39, 0.29) is 5.78 Å². The van der Waals surface area contributed by atoms with Gasteiger partial charge < -0.3 is 4.74 Å². The van der Waals surface area contributed by atoms with E-state index >= 15 is 0 Å². The van der Waals surface area contributed by atoms with E-state index in [4.69, 9.17) is 4.74 Å². The smallest absolute Gasteiger partial charge is 0.195 e. The molecule has 1 heterocycles. The maximum atomic E-state index is 12.4. The van der Waals surface area contributed by atoms with Crippen LogP contribution < -0.4 is 4.74 Å². The molecule has 0 saturated heterocycles. The summed E-state index contributed by atoms with van der Waals surface area (Å²) in [4.78, 5) is 16.4. The van der Waals surface area contributed by atoms with E-state index in [1.165, 1.54) is 0 Å². The molecular weight excluding hydrogens is 294 g/mol. The van der Waals surface area contributed by atoms with Crippen LogP contribution in [0.15, 0.2) is 41.1 Å². The fraction of sp³-hybridized carbons (Fsp3) is 0.143. The van der Waals surface area contributed by atoms with Crippen molar-refractivity contribution in [2.24, 2.45) is 0 Å². The number of aromatic nitrogens is 1. The quantitative estimate of drug-likeness (QED) is 0.816. The van der Waals surface area contributed by atoms with Crippen molar-refractivity contribution in [3.63, 3.8) is 0 Å². The molecule has 2 aromatic rings. The minimum Gasteiger partial charge on any atom is -0.495 e. The summed E-state index contributed by atoms with van der Waals surface area (Å²) in [6.45, 7) is 1.95. The van der Waals surface area contributed by atoms with Crippen molar-refractivity contribution in [2.45, 2.75) is 6.92 Å². The molecule has 0 aliphatic heterocycles. The van der Waals surface area contributed by atoms with Crippen molar-refractivity contribution in [3.8, 4) is 5.75 Å². The summed E-state index contributed by atoms with van der Waals surface area (Å²) < 4.78 is 5.89. The van der Waals surface area contributed by atoms with Gasteiger partial charge in [0.15, 0.2) is 5.78 Å². The zero-order valence-electron chi connectivity index (χ0n) is 10.1. The number of hydrogen-bond acceptors (Lipinski definition) is 3. The van der Waals surface area contributed by atoms with Gasteiger partial charge in [-0.05, 0) is 40.5 Å². The van der Waals surface area contributed by atoms with Crippen molar-refractivity contribution in [1.82, 2.24) is 4.98 Å². The Bertz CT molecular complexity index is 596. The number of aryl methyl sites for hydroxylation is 1. The van der Waals surface area contributed by atoms with Gasteiger partial charge in [-0.2, -0.15) is 0 Å². The Morgan fingerprint density at radius 2 is 2.11 bits per heavy atom. The lowest BCUT2D eigenvalue weighted by molar-refractivity contribution is 0.103. The zero-order chi connectivity index (χ0) is 13.1. The second-order valence-corrected chi connectivity index (χ2v) is 4.67. The summed E-state index contributed by atoms with van der Waals surface area (Å²) in [5.74, 6) is 0.501. The highest BCUT2D eigenvalue weighted by atomic mass is 79.9. The second kappa shape index (κ2) is 5.31. The van der Waals surface area contributed by atoms with Crippen LogP contribution in [0.25, 0.3) is 0 Å². The van der Waals surface area contributed by atoms with E-state index in [2.05, 4.69) is 20.9 Å². The molecular formula is C14H12BrNO2. The summed E-state index contributed by atoms with van der Waals surface area (Å²) in [6, 6.07) is 7.29. The number of rotatable bonds is 3. The summed E-state index contributed by atoms with van der Waals surface area (Å²) in [7, 11) is 1.55. The molecule has 0 aliphatic rings. The topological polar surface area (TPSA) is 39.2 Å². The van der Waals surface area contributed by atoms with Gasteiger partial charge >= 0.3 is 0 Å². The minimum absolute atomic E-state index is 0.0722. The molecule has 0 radical (unpaired) electrons. The molecule has 0 aliphatic carbocycles. The summed E-state index contributed by atoms with van der Waals surface area (Å²) in [5.41, 5.74) is 2.17. The Morgan fingerprint density at radius 3 is 2.83 bits per heavy atom. The van der Waals surface area contributed by atoms with E-state index in [0.29, 0.717) is 16.9 Å². The molecule has 4 heteroatoms. The Balaban J connectivity index is 2.44. The monoisotopic (exact) mass is 305 g/mol. The highest BCUT2D eigenvalue weighted by molar-refractivity contribution is 9.10. The summed E-state index contributed by atoms with van der Waals surface area (Å²) in [5, 5.41) is 0. The van der Waals surface area contributed by atoms with Crippen molar-refractivity contribution in [2.75, 3.05) is 7.11 Å². The molecule has 0 N–H and O–H groups in total. The number of carbonyl (C=O) groups excluding carboxylic acids is 1. The first-order chi connectivity index (χ1) is 8.63. The predicted octanol–water partition coefficient (Wildman–Crippen LogP) is 3.39. The maximum Gasteiger partial charge on any atom is 0.195 e. The molecule has 1 aromatic heterocycles. The number of halogens is 1. The number of pyridine rings is 1. The van der Waals surface area contributed by atoms with Gasteiger partial charge in [-0.3, -0.25) is 9.78 Å². The van der Waals surface area contributed by atoms with Gasteiger partial charge in [0.05, 0.1) is 13.3 Å². The molecule has 0 unspecified atom stereocenters. The Labute approximate surface area is 114 Å². The van der Waals surface area contributed by atoms with Crippen molar-refractivity contribution < 1.29 is 9.53 Å². The number of methoxy groups -OCH3 is 1. The third-order valence-electron chi connectivity index (χ3n) is 2.65. The highest BCUT2D eigenvalue weighted by Gasteiger charge is 2.14. The number of ketones is 1. The number of carbonyl (C=O) groups is 1. The highest BCUT2D eigenvalue weighted by Crippen LogP contribution is 2.24. The average Bonchev–Trinajstić information content (AvgIpc) is 2.41. The number of ether oxygens (including phenoxy) is 1. The van der Waals surface area contributed by atoms with E-state index in [9.17, 15) is 4.79 Å². The van der Waals surface area contributed by atoms with Gasteiger partial charge in [0.1, 0.15) is 5.75 Å². The maximum absolute atomic E-state index is 12.4. The van der Waals surface area contributed by atoms with Gasteiger partial charge in [-0.25, -0.2) is 0 Å². The third kappa shape index (κ3) is 2.43. The van der Waals surface area contributed by atoms with Crippen molar-refractivity contribution in [1.29, 1.82) is 0 Å². The molecule has 0 amide bonds. The lowest BCUT2D eigenvalue weighted by Gasteiger charge is -2.07. The molecule has 0 bridgehead atoms. The molecule has 0 saturated carbocycles. The van der Waals surface area contributed by atoms with Gasteiger partial charge in [0.2, 0.25) is 0 Å². The molecule has 3 nitrogen and oxygen atoms in total. The summed E-state index contributed by atoms with van der Waals surface area (Å²) >= 11 is 3.44. The molecule has 0 fully saturated rings. The van der Waals surface area contributed by atoms with Crippen LogP contribution in [0, 0.1) is 6.92 Å². The molecule has 1 aromatic carbocycles. The Morgan fingerprint density at radius 1 is 1.33 bits per heavy atom. The van der Waals surface area contributed by atoms with Crippen LogP contribution in [-0.4, -0.2) is 17.9 Å². The second-order valence-electron chi connectivity index (χ2n) is 3.88. The number of hydrogen-bond donors (Lipinski definition) is 0. The fourth-order valence-electron chi connectivity index (χ4n) is 1.63. The van der Waals surface area contributed by atoms with Crippen LogP contribution in [0.3, 0.4) is 0 Å². The Kier molecular flexibility index (Phi) is 3.77. The molecule has 92 valence electrons. The zero-order valence-corrected chi connectivity index (χ0v) is 11.7. The minimum atomic E-state index is -0.0722. The predicted molar refractivity (Wildman–Crippen MR) is 73.1 cm³/mol. The molecule has 0 atom stereocenters. The van der Waals surface area contributed by atoms with Gasteiger partial charge in [-0.1, -0.05) is 12.1 Å². The van der Waals surface area contributed by atoms with E-state index in [0.717, 1.165) is 10.0 Å². The van der Waals surface area contributed by atoms with Crippen LogP contribution in [0.5, 0.6) is 5.75 Å². The van der Waals surface area contributed by atoms with Crippen molar-refractivity contribution in [3.05, 3.63) is 57.8 Å². The first-order valence-electron chi connectivity index (χ1n) is 5.42. The normalized spacial score (nSPS) is 10.2. The number of benzene rings is 1. The van der Waals surface area contributed by atoms with E-state index in [1.807, 2.05) is 19.1 Å². The lowest BCUT2D eigenvalue weighted by atomic mass is 10.0. The fourth-order valence-corrected chi connectivity index (χ4v) is 2.08. The van der Waals surface area contributed by atoms with Crippen LogP contribution in [0.1, 0.15) is 21.5 Å². The summed E-state index contributed by atoms with van der Waals surface area (Å²) in [6.07, 6.45) is 3.11. The van der Waals surface area contributed by atoms with Gasteiger partial charge in [-0.15, -0.1) is 0 Å². The first-order valence-corrected chi connectivity index (χ1v) is 6.21. The van der Waals surface area contributed by atoms with E-state index < -0.39 is 0 Å². The van der Waals surface area contributed by atoms with Crippen LogP contribution in [-0.2, 0) is 0 Å². The van der Waals surface area contributed by atoms with Crippen LogP contribution >= 0.6 is 15.9 Å². The van der Waals surface area contributed by atoms with Crippen molar-refractivity contribution >= 4 is 21.7 Å². The van der Waals surface area contributed by atoms with Crippen LogP contribution in [0.4, 0.5) is 0 Å². The SMILES string of the molecule is COc1cncc(C(=O)c2cccc(C)c2Br)c1.